The zero-order valence-electron chi connectivity index (χ0n) is 18.3. The minimum Gasteiger partial charge on any atom is -0.456 e. The van der Waals surface area contributed by atoms with Gasteiger partial charge in [0.15, 0.2) is 6.10 Å². The van der Waals surface area contributed by atoms with Gasteiger partial charge in [-0.3, -0.25) is 4.74 Å². The van der Waals surface area contributed by atoms with Gasteiger partial charge in [-0.25, -0.2) is 0 Å². The second-order valence-electron chi connectivity index (χ2n) is 8.32. The second kappa shape index (κ2) is 11.5. The summed E-state index contributed by atoms with van der Waals surface area (Å²) in [6.07, 6.45) is -12.2. The Hall–Kier alpha value is -1.88. The van der Waals surface area contributed by atoms with Crippen LogP contribution in [0.5, 0.6) is 11.5 Å². The van der Waals surface area contributed by atoms with Crippen molar-refractivity contribution in [2.75, 3.05) is 18.0 Å². The SMILES string of the molecule is OC(CN(CC1CCC(OC(F)(F)F)CC1)c1cccc(Oc2cccc(Cl)c2Cl)c1)C(F)(F)F. The highest BCUT2D eigenvalue weighted by Crippen LogP contribution is 2.37. The largest absolute Gasteiger partial charge is 0.522 e. The third kappa shape index (κ3) is 8.34. The number of halogens is 8. The van der Waals surface area contributed by atoms with Crippen LogP contribution in [0.25, 0.3) is 0 Å². The highest BCUT2D eigenvalue weighted by atomic mass is 35.5. The highest BCUT2D eigenvalue weighted by molar-refractivity contribution is 6.42. The number of aliphatic hydroxyl groups excluding tert-OH is 1. The van der Waals surface area contributed by atoms with Gasteiger partial charge in [0.05, 0.1) is 17.7 Å². The summed E-state index contributed by atoms with van der Waals surface area (Å²) in [7, 11) is 0. The van der Waals surface area contributed by atoms with Crippen molar-refractivity contribution in [2.45, 2.75) is 50.4 Å². The van der Waals surface area contributed by atoms with Crippen molar-refractivity contribution in [1.29, 1.82) is 0 Å². The molecule has 1 fully saturated rings. The van der Waals surface area contributed by atoms with Crippen molar-refractivity contribution in [3.63, 3.8) is 0 Å². The first kappa shape index (κ1) is 27.7. The molecule has 1 aliphatic carbocycles. The monoisotopic (exact) mass is 545 g/mol. The molecular formula is C23H23Cl2F6NO3. The predicted octanol–water partition coefficient (Wildman–Crippen LogP) is 7.61. The average molecular weight is 546 g/mol. The Bertz CT molecular complexity index is 980. The van der Waals surface area contributed by atoms with Crippen molar-refractivity contribution in [3.05, 3.63) is 52.5 Å². The molecule has 0 bridgehead atoms. The molecule has 1 unspecified atom stereocenters. The molecule has 0 amide bonds. The van der Waals surface area contributed by atoms with Gasteiger partial charge in [0.1, 0.15) is 16.5 Å². The summed E-state index contributed by atoms with van der Waals surface area (Å²) in [4.78, 5) is 1.36. The van der Waals surface area contributed by atoms with E-state index < -0.39 is 31.3 Å². The van der Waals surface area contributed by atoms with Gasteiger partial charge >= 0.3 is 12.5 Å². The van der Waals surface area contributed by atoms with Crippen LogP contribution in [-0.4, -0.2) is 42.9 Å². The summed E-state index contributed by atoms with van der Waals surface area (Å²) in [5, 5.41) is 10.1. The summed E-state index contributed by atoms with van der Waals surface area (Å²) >= 11 is 12.1. The van der Waals surface area contributed by atoms with E-state index in [2.05, 4.69) is 4.74 Å². The van der Waals surface area contributed by atoms with Crippen LogP contribution >= 0.6 is 23.2 Å². The maximum atomic E-state index is 13.1. The number of rotatable bonds is 8. The van der Waals surface area contributed by atoms with Crippen molar-refractivity contribution < 1.29 is 40.9 Å². The Labute approximate surface area is 208 Å². The van der Waals surface area contributed by atoms with Crippen LogP contribution in [0.2, 0.25) is 10.0 Å². The first-order chi connectivity index (χ1) is 16.3. The predicted molar refractivity (Wildman–Crippen MR) is 120 cm³/mol. The van der Waals surface area contributed by atoms with Crippen LogP contribution in [0.15, 0.2) is 42.5 Å². The fourth-order valence-electron chi connectivity index (χ4n) is 3.96. The third-order valence-corrected chi connectivity index (χ3v) is 6.47. The lowest BCUT2D eigenvalue weighted by Gasteiger charge is -2.35. The Balaban J connectivity index is 1.76. The van der Waals surface area contributed by atoms with Crippen LogP contribution in [0.1, 0.15) is 25.7 Å². The molecule has 2 aromatic rings. The van der Waals surface area contributed by atoms with E-state index in [4.69, 9.17) is 27.9 Å². The molecule has 1 saturated carbocycles. The normalized spacial score (nSPS) is 19.9. The lowest BCUT2D eigenvalue weighted by molar-refractivity contribution is -0.345. The van der Waals surface area contributed by atoms with Crippen molar-refractivity contribution >= 4 is 28.9 Å². The number of aliphatic hydroxyl groups is 1. The molecule has 35 heavy (non-hydrogen) atoms. The molecule has 12 heteroatoms. The van der Waals surface area contributed by atoms with Crippen molar-refractivity contribution in [2.24, 2.45) is 5.92 Å². The average Bonchev–Trinajstić information content (AvgIpc) is 2.76. The Kier molecular flexibility index (Phi) is 9.06. The van der Waals surface area contributed by atoms with Crippen LogP contribution in [0.3, 0.4) is 0 Å². The Morgan fingerprint density at radius 2 is 1.63 bits per heavy atom. The van der Waals surface area contributed by atoms with Crippen molar-refractivity contribution in [3.8, 4) is 11.5 Å². The summed E-state index contributed by atoms with van der Waals surface area (Å²) in [6, 6.07) is 11.0. The topological polar surface area (TPSA) is 41.9 Å². The molecule has 1 aliphatic rings. The zero-order valence-corrected chi connectivity index (χ0v) is 19.8. The smallest absolute Gasteiger partial charge is 0.456 e. The van der Waals surface area contributed by atoms with Gasteiger partial charge in [-0.05, 0) is 55.9 Å². The lowest BCUT2D eigenvalue weighted by atomic mass is 9.87. The summed E-state index contributed by atoms with van der Waals surface area (Å²) in [5.41, 5.74) is 0.345. The highest BCUT2D eigenvalue weighted by Gasteiger charge is 2.40. The van der Waals surface area contributed by atoms with E-state index in [9.17, 15) is 31.4 Å². The Morgan fingerprint density at radius 3 is 2.26 bits per heavy atom. The summed E-state index contributed by atoms with van der Waals surface area (Å²) in [5.74, 6) is 0.345. The molecule has 1 atom stereocenters. The Morgan fingerprint density at radius 1 is 0.971 bits per heavy atom. The lowest BCUT2D eigenvalue weighted by Crippen LogP contribution is -2.43. The quantitative estimate of drug-likeness (QED) is 0.346. The minimum atomic E-state index is -4.83. The summed E-state index contributed by atoms with van der Waals surface area (Å²) < 4.78 is 86.6. The molecule has 0 aliphatic heterocycles. The van der Waals surface area contributed by atoms with Gasteiger partial charge in [0.2, 0.25) is 0 Å². The van der Waals surface area contributed by atoms with E-state index in [0.29, 0.717) is 18.5 Å². The zero-order chi connectivity index (χ0) is 25.8. The first-order valence-electron chi connectivity index (χ1n) is 10.8. The van der Waals surface area contributed by atoms with E-state index in [0.717, 1.165) is 0 Å². The van der Waals surface area contributed by atoms with E-state index in [1.807, 2.05) is 0 Å². The number of hydrogen-bond acceptors (Lipinski definition) is 4. The number of nitrogens with zero attached hydrogens (tertiary/aromatic N) is 1. The van der Waals surface area contributed by atoms with E-state index >= 15 is 0 Å². The van der Waals surface area contributed by atoms with Gasteiger partial charge in [0, 0.05) is 18.3 Å². The number of alkyl halides is 6. The molecule has 0 saturated heterocycles. The van der Waals surface area contributed by atoms with Crippen LogP contribution in [0, 0.1) is 5.92 Å². The molecule has 194 valence electrons. The molecule has 0 aromatic heterocycles. The molecule has 3 rings (SSSR count). The number of ether oxygens (including phenoxy) is 2. The van der Waals surface area contributed by atoms with Crippen LogP contribution in [0.4, 0.5) is 32.0 Å². The number of hydrogen-bond donors (Lipinski definition) is 1. The second-order valence-corrected chi connectivity index (χ2v) is 9.11. The number of anilines is 1. The molecule has 0 heterocycles. The van der Waals surface area contributed by atoms with Crippen molar-refractivity contribution in [1.82, 2.24) is 0 Å². The minimum absolute atomic E-state index is 0.104. The molecule has 2 aromatic carbocycles. The maximum absolute atomic E-state index is 13.1. The van der Waals surface area contributed by atoms with Gasteiger partial charge < -0.3 is 14.7 Å². The van der Waals surface area contributed by atoms with E-state index in [-0.39, 0.29) is 46.8 Å². The fourth-order valence-corrected chi connectivity index (χ4v) is 4.29. The first-order valence-corrected chi connectivity index (χ1v) is 11.5. The summed E-state index contributed by atoms with van der Waals surface area (Å²) in [6.45, 7) is -0.642. The van der Waals surface area contributed by atoms with E-state index in [1.54, 1.807) is 36.4 Å². The number of benzene rings is 2. The molecule has 0 radical (unpaired) electrons. The third-order valence-electron chi connectivity index (χ3n) is 5.67. The standard InChI is InChI=1S/C23H23Cl2F6NO3/c24-18-5-2-6-19(21(18)25)34-17-4-1-3-15(11-17)32(13-20(33)22(26,27)28)12-14-7-9-16(10-8-14)35-23(29,30)31/h1-6,11,14,16,20,33H,7-10,12-13H2. The van der Waals surface area contributed by atoms with Gasteiger partial charge in [-0.1, -0.05) is 35.3 Å². The fraction of sp³-hybridized carbons (Fsp3) is 0.478. The van der Waals surface area contributed by atoms with E-state index in [1.165, 1.54) is 11.0 Å². The van der Waals surface area contributed by atoms with Gasteiger partial charge in [-0.2, -0.15) is 13.2 Å². The van der Waals surface area contributed by atoms with Crippen LogP contribution in [-0.2, 0) is 4.74 Å². The van der Waals surface area contributed by atoms with Gasteiger partial charge in [-0.15, -0.1) is 13.2 Å². The van der Waals surface area contributed by atoms with Gasteiger partial charge in [0.25, 0.3) is 0 Å². The molecule has 0 spiro atoms. The van der Waals surface area contributed by atoms with Crippen LogP contribution < -0.4 is 9.64 Å². The maximum Gasteiger partial charge on any atom is 0.522 e. The molecular weight excluding hydrogens is 523 g/mol. The molecule has 1 N–H and O–H groups in total. The molecule has 4 nitrogen and oxygen atoms in total.